The molecule has 1 fully saturated rings. The fourth-order valence-electron chi connectivity index (χ4n) is 2.24. The summed E-state index contributed by atoms with van der Waals surface area (Å²) in [6.07, 6.45) is 1.01. The van der Waals surface area contributed by atoms with Gasteiger partial charge in [0.25, 0.3) is 0 Å². The molecule has 0 unspecified atom stereocenters. The first-order valence-electron chi connectivity index (χ1n) is 6.46. The minimum atomic E-state index is -0.417. The smallest absolute Gasteiger partial charge is 0.333 e. The van der Waals surface area contributed by atoms with E-state index in [-0.39, 0.29) is 5.69 Å². The zero-order valence-electron chi connectivity index (χ0n) is 10.9. The van der Waals surface area contributed by atoms with E-state index in [4.69, 9.17) is 4.74 Å². The number of hydrogen-bond donors (Lipinski definition) is 1. The van der Waals surface area contributed by atoms with E-state index >= 15 is 0 Å². The highest BCUT2D eigenvalue weighted by atomic mass is 16.6. The van der Waals surface area contributed by atoms with Crippen LogP contribution in [0.3, 0.4) is 0 Å². The summed E-state index contributed by atoms with van der Waals surface area (Å²) in [5.74, 6) is 0.297. The summed E-state index contributed by atoms with van der Waals surface area (Å²) in [6.45, 7) is 3.46. The SMILES string of the molecule is CCCOc1cccc(N2CC[C@@H](O)C2)c1[N+](=O)[O-]. The van der Waals surface area contributed by atoms with Crippen molar-refractivity contribution in [1.82, 2.24) is 0 Å². The first-order chi connectivity index (χ1) is 9.13. The molecular formula is C13H18N2O4. The van der Waals surface area contributed by atoms with Gasteiger partial charge in [0.15, 0.2) is 5.75 Å². The van der Waals surface area contributed by atoms with Gasteiger partial charge in [0, 0.05) is 13.1 Å². The molecule has 1 aliphatic rings. The highest BCUT2D eigenvalue weighted by molar-refractivity contribution is 5.70. The predicted octanol–water partition coefficient (Wildman–Crippen LogP) is 1.95. The largest absolute Gasteiger partial charge is 0.487 e. The molecule has 19 heavy (non-hydrogen) atoms. The average molecular weight is 266 g/mol. The van der Waals surface area contributed by atoms with Crippen molar-refractivity contribution in [3.05, 3.63) is 28.3 Å². The molecule has 0 aromatic heterocycles. The van der Waals surface area contributed by atoms with E-state index in [9.17, 15) is 15.2 Å². The number of aliphatic hydroxyl groups excluding tert-OH is 1. The third-order valence-corrected chi connectivity index (χ3v) is 3.13. The van der Waals surface area contributed by atoms with Gasteiger partial charge in [0.2, 0.25) is 0 Å². The maximum absolute atomic E-state index is 11.3. The number of aliphatic hydroxyl groups is 1. The zero-order chi connectivity index (χ0) is 13.8. The number of ether oxygens (including phenoxy) is 1. The molecule has 6 nitrogen and oxygen atoms in total. The first kappa shape index (κ1) is 13.6. The number of anilines is 1. The molecule has 6 heteroatoms. The van der Waals surface area contributed by atoms with Gasteiger partial charge < -0.3 is 14.7 Å². The lowest BCUT2D eigenvalue weighted by molar-refractivity contribution is -0.385. The van der Waals surface area contributed by atoms with Crippen LogP contribution < -0.4 is 9.64 Å². The van der Waals surface area contributed by atoms with E-state index in [0.29, 0.717) is 37.6 Å². The van der Waals surface area contributed by atoms with Crippen molar-refractivity contribution >= 4 is 11.4 Å². The van der Waals surface area contributed by atoms with Crippen LogP contribution in [0.1, 0.15) is 19.8 Å². The van der Waals surface area contributed by atoms with Gasteiger partial charge in [-0.05, 0) is 25.0 Å². The summed E-state index contributed by atoms with van der Waals surface area (Å²) in [4.78, 5) is 12.7. The van der Waals surface area contributed by atoms with Crippen LogP contribution in [0.2, 0.25) is 0 Å². The Hall–Kier alpha value is -1.82. The number of benzene rings is 1. The van der Waals surface area contributed by atoms with Crippen LogP contribution >= 0.6 is 0 Å². The topological polar surface area (TPSA) is 75.8 Å². The van der Waals surface area contributed by atoms with Gasteiger partial charge in [-0.1, -0.05) is 13.0 Å². The Morgan fingerprint density at radius 3 is 2.95 bits per heavy atom. The van der Waals surface area contributed by atoms with Crippen molar-refractivity contribution < 1.29 is 14.8 Å². The molecule has 1 aromatic carbocycles. The highest BCUT2D eigenvalue weighted by Gasteiger charge is 2.29. The number of nitro benzene ring substituents is 1. The third-order valence-electron chi connectivity index (χ3n) is 3.13. The Balaban J connectivity index is 2.34. The van der Waals surface area contributed by atoms with Gasteiger partial charge >= 0.3 is 5.69 Å². The summed E-state index contributed by atoms with van der Waals surface area (Å²) in [7, 11) is 0. The van der Waals surface area contributed by atoms with Crippen LogP contribution in [-0.4, -0.2) is 35.8 Å². The molecular weight excluding hydrogens is 248 g/mol. The molecule has 0 spiro atoms. The maximum Gasteiger partial charge on any atom is 0.333 e. The van der Waals surface area contributed by atoms with Crippen LogP contribution in [0.5, 0.6) is 5.75 Å². The molecule has 1 aromatic rings. The molecule has 0 bridgehead atoms. The number of β-amino-alcohol motifs (C(OH)–C–C–N with tert-alkyl or cyclic N) is 1. The number of hydrogen-bond acceptors (Lipinski definition) is 5. The third kappa shape index (κ3) is 2.96. The van der Waals surface area contributed by atoms with Gasteiger partial charge in [-0.2, -0.15) is 0 Å². The molecule has 0 radical (unpaired) electrons. The molecule has 1 heterocycles. The monoisotopic (exact) mass is 266 g/mol. The van der Waals surface area contributed by atoms with E-state index in [1.807, 2.05) is 11.8 Å². The summed E-state index contributed by atoms with van der Waals surface area (Å²) in [5, 5.41) is 20.8. The van der Waals surface area contributed by atoms with Crippen LogP contribution in [-0.2, 0) is 0 Å². The maximum atomic E-state index is 11.3. The van der Waals surface area contributed by atoms with Crippen LogP contribution in [0.15, 0.2) is 18.2 Å². The predicted molar refractivity (Wildman–Crippen MR) is 71.7 cm³/mol. The molecule has 1 aliphatic heterocycles. The second-order valence-corrected chi connectivity index (χ2v) is 4.62. The summed E-state index contributed by atoms with van der Waals surface area (Å²) in [6, 6.07) is 5.07. The Bertz CT molecular complexity index is 464. The van der Waals surface area contributed by atoms with Crippen molar-refractivity contribution in [1.29, 1.82) is 0 Å². The Morgan fingerprint density at radius 2 is 2.37 bits per heavy atom. The highest BCUT2D eigenvalue weighted by Crippen LogP contribution is 2.38. The minimum Gasteiger partial charge on any atom is -0.487 e. The Morgan fingerprint density at radius 1 is 1.58 bits per heavy atom. The zero-order valence-corrected chi connectivity index (χ0v) is 10.9. The van der Waals surface area contributed by atoms with E-state index in [1.165, 1.54) is 0 Å². The number of para-hydroxylation sites is 1. The van der Waals surface area contributed by atoms with Crippen molar-refractivity contribution in [3.63, 3.8) is 0 Å². The molecule has 2 rings (SSSR count). The fraction of sp³-hybridized carbons (Fsp3) is 0.538. The van der Waals surface area contributed by atoms with E-state index in [0.717, 1.165) is 6.42 Å². The van der Waals surface area contributed by atoms with Gasteiger partial charge in [0.1, 0.15) is 5.69 Å². The molecule has 104 valence electrons. The van der Waals surface area contributed by atoms with E-state index < -0.39 is 11.0 Å². The molecule has 0 amide bonds. The molecule has 1 N–H and O–H groups in total. The number of nitro groups is 1. The Kier molecular flexibility index (Phi) is 4.21. The second-order valence-electron chi connectivity index (χ2n) is 4.62. The number of rotatable bonds is 5. The normalized spacial score (nSPS) is 18.6. The molecule has 0 aliphatic carbocycles. The number of nitrogens with zero attached hydrogens (tertiary/aromatic N) is 2. The quantitative estimate of drug-likeness (QED) is 0.651. The molecule has 0 saturated carbocycles. The van der Waals surface area contributed by atoms with Gasteiger partial charge in [-0.15, -0.1) is 0 Å². The first-order valence-corrected chi connectivity index (χ1v) is 6.46. The average Bonchev–Trinajstić information content (AvgIpc) is 2.82. The van der Waals surface area contributed by atoms with Crippen molar-refractivity contribution in [2.45, 2.75) is 25.9 Å². The summed E-state index contributed by atoms with van der Waals surface area (Å²) < 4.78 is 5.44. The summed E-state index contributed by atoms with van der Waals surface area (Å²) >= 11 is 0. The molecule has 1 saturated heterocycles. The van der Waals surface area contributed by atoms with E-state index in [2.05, 4.69) is 0 Å². The van der Waals surface area contributed by atoms with Crippen LogP contribution in [0.4, 0.5) is 11.4 Å². The van der Waals surface area contributed by atoms with E-state index in [1.54, 1.807) is 18.2 Å². The van der Waals surface area contributed by atoms with Crippen LogP contribution in [0, 0.1) is 10.1 Å². The van der Waals surface area contributed by atoms with Gasteiger partial charge in [-0.3, -0.25) is 10.1 Å². The van der Waals surface area contributed by atoms with Crippen LogP contribution in [0.25, 0.3) is 0 Å². The standard InChI is InChI=1S/C13H18N2O4/c1-2-8-19-12-5-3-4-11(13(12)15(17)18)14-7-6-10(16)9-14/h3-5,10,16H,2,6-9H2,1H3/t10-/m1/s1. The minimum absolute atomic E-state index is 0.00921. The van der Waals surface area contributed by atoms with Gasteiger partial charge in [0.05, 0.1) is 17.6 Å². The van der Waals surface area contributed by atoms with Crippen molar-refractivity contribution in [2.75, 3.05) is 24.6 Å². The Labute approximate surface area is 111 Å². The van der Waals surface area contributed by atoms with Crippen molar-refractivity contribution in [2.24, 2.45) is 0 Å². The summed E-state index contributed by atoms with van der Waals surface area (Å²) in [5.41, 5.74) is 0.514. The lowest BCUT2D eigenvalue weighted by atomic mass is 10.2. The van der Waals surface area contributed by atoms with Gasteiger partial charge in [-0.25, -0.2) is 0 Å². The second kappa shape index (κ2) is 5.88. The molecule has 1 atom stereocenters. The lowest BCUT2D eigenvalue weighted by Gasteiger charge is -2.18. The lowest BCUT2D eigenvalue weighted by Crippen LogP contribution is -2.22. The van der Waals surface area contributed by atoms with Crippen molar-refractivity contribution in [3.8, 4) is 5.75 Å². The fourth-order valence-corrected chi connectivity index (χ4v) is 2.24.